The standard InChI is InChI=1S/C33H32F6N4O4/c1-20-28(14-21-15-29(45-2)30(19-27(21)40-20)46-13-12-43-10-4-3-5-11-43)47-26-8-6-24(7-9-26)41-31(44)42-25-17-22(32(34,35)36)16-23(18-25)33(37,38)39/h6-9,14-19H,3-5,10-13H2,1-2H3,(H2,41,42,44). The number of pyridine rings is 1. The molecule has 0 aliphatic carbocycles. The van der Waals surface area contributed by atoms with Crippen LogP contribution in [0.15, 0.2) is 60.7 Å². The van der Waals surface area contributed by atoms with Crippen molar-refractivity contribution in [3.8, 4) is 23.0 Å². The van der Waals surface area contributed by atoms with Gasteiger partial charge in [0.15, 0.2) is 11.5 Å². The highest BCUT2D eigenvalue weighted by molar-refractivity contribution is 5.99. The third kappa shape index (κ3) is 8.76. The number of benzene rings is 3. The van der Waals surface area contributed by atoms with E-state index < -0.39 is 35.2 Å². The van der Waals surface area contributed by atoms with Crippen molar-refractivity contribution >= 4 is 28.3 Å². The molecule has 1 fully saturated rings. The van der Waals surface area contributed by atoms with Gasteiger partial charge in [0.2, 0.25) is 0 Å². The van der Waals surface area contributed by atoms with Crippen LogP contribution in [0.1, 0.15) is 36.1 Å². The van der Waals surface area contributed by atoms with E-state index >= 15 is 0 Å². The van der Waals surface area contributed by atoms with Gasteiger partial charge in [0, 0.05) is 29.4 Å². The Labute approximate surface area is 266 Å². The summed E-state index contributed by atoms with van der Waals surface area (Å²) in [4.78, 5) is 19.5. The fourth-order valence-corrected chi connectivity index (χ4v) is 5.16. The van der Waals surface area contributed by atoms with Gasteiger partial charge in [0.05, 0.1) is 29.4 Å². The number of carbonyl (C=O) groups is 1. The van der Waals surface area contributed by atoms with Crippen LogP contribution in [0.3, 0.4) is 0 Å². The topological polar surface area (TPSA) is 85.0 Å². The smallest absolute Gasteiger partial charge is 0.416 e. The molecule has 3 aromatic carbocycles. The zero-order valence-corrected chi connectivity index (χ0v) is 25.5. The number of aryl methyl sites for hydroxylation is 1. The normalized spacial score (nSPS) is 14.1. The van der Waals surface area contributed by atoms with Crippen LogP contribution in [0.2, 0.25) is 0 Å². The molecule has 1 aromatic heterocycles. The number of nitrogens with zero attached hydrogens (tertiary/aromatic N) is 2. The molecule has 0 unspecified atom stereocenters. The summed E-state index contributed by atoms with van der Waals surface area (Å²) >= 11 is 0. The molecular formula is C33H32F6N4O4. The number of hydrogen-bond donors (Lipinski definition) is 2. The highest BCUT2D eigenvalue weighted by Gasteiger charge is 2.37. The van der Waals surface area contributed by atoms with Gasteiger partial charge in [-0.3, -0.25) is 4.90 Å². The van der Waals surface area contributed by atoms with Crippen molar-refractivity contribution in [2.45, 2.75) is 38.5 Å². The van der Waals surface area contributed by atoms with Crippen molar-refractivity contribution < 1.29 is 45.3 Å². The lowest BCUT2D eigenvalue weighted by Gasteiger charge is -2.26. The van der Waals surface area contributed by atoms with Gasteiger partial charge in [0.1, 0.15) is 18.1 Å². The molecule has 250 valence electrons. The maximum absolute atomic E-state index is 13.1. The first-order chi connectivity index (χ1) is 22.3. The van der Waals surface area contributed by atoms with Crippen LogP contribution in [-0.2, 0) is 12.4 Å². The number of hydrogen-bond acceptors (Lipinski definition) is 6. The summed E-state index contributed by atoms with van der Waals surface area (Å²) in [5.74, 6) is 2.00. The van der Waals surface area contributed by atoms with Gasteiger partial charge >= 0.3 is 18.4 Å². The minimum absolute atomic E-state index is 0.0191. The number of nitrogens with one attached hydrogen (secondary N) is 2. The summed E-state index contributed by atoms with van der Waals surface area (Å²) < 4.78 is 96.5. The second kappa shape index (κ2) is 14.0. The third-order valence-electron chi connectivity index (χ3n) is 7.54. The number of amides is 2. The molecule has 0 saturated carbocycles. The van der Waals surface area contributed by atoms with E-state index in [0.717, 1.165) is 25.0 Å². The molecule has 47 heavy (non-hydrogen) atoms. The molecule has 2 N–H and O–H groups in total. The Balaban J connectivity index is 1.23. The maximum Gasteiger partial charge on any atom is 0.416 e. The predicted molar refractivity (Wildman–Crippen MR) is 164 cm³/mol. The lowest BCUT2D eigenvalue weighted by Crippen LogP contribution is -2.33. The molecule has 1 aliphatic heterocycles. The Bertz CT molecular complexity index is 1690. The van der Waals surface area contributed by atoms with E-state index in [1.807, 2.05) is 23.5 Å². The number of rotatable bonds is 9. The Morgan fingerprint density at radius 1 is 0.809 bits per heavy atom. The molecule has 0 radical (unpaired) electrons. The first-order valence-corrected chi connectivity index (χ1v) is 14.8. The van der Waals surface area contributed by atoms with E-state index in [2.05, 4.69) is 15.2 Å². The van der Waals surface area contributed by atoms with E-state index in [4.69, 9.17) is 14.2 Å². The molecule has 5 rings (SSSR count). The summed E-state index contributed by atoms with van der Waals surface area (Å²) in [6, 6.07) is 11.2. The van der Waals surface area contributed by atoms with Crippen LogP contribution >= 0.6 is 0 Å². The van der Waals surface area contributed by atoms with Crippen molar-refractivity contribution in [3.63, 3.8) is 0 Å². The van der Waals surface area contributed by atoms with Gasteiger partial charge in [-0.05, 0) is 87.5 Å². The largest absolute Gasteiger partial charge is 0.493 e. The molecule has 8 nitrogen and oxygen atoms in total. The van der Waals surface area contributed by atoms with Gasteiger partial charge in [-0.2, -0.15) is 26.3 Å². The molecule has 0 spiro atoms. The average molecular weight is 663 g/mol. The number of halogens is 6. The minimum atomic E-state index is -5.04. The number of alkyl halides is 6. The molecule has 1 saturated heterocycles. The van der Waals surface area contributed by atoms with E-state index in [9.17, 15) is 31.1 Å². The Morgan fingerprint density at radius 3 is 2.04 bits per heavy atom. The van der Waals surface area contributed by atoms with Gasteiger partial charge in [0.25, 0.3) is 0 Å². The maximum atomic E-state index is 13.1. The average Bonchev–Trinajstić information content (AvgIpc) is 3.01. The summed E-state index contributed by atoms with van der Waals surface area (Å²) in [7, 11) is 1.56. The summed E-state index contributed by atoms with van der Waals surface area (Å²) in [5.41, 5.74) is -2.25. The number of ether oxygens (including phenoxy) is 3. The van der Waals surface area contributed by atoms with E-state index in [1.165, 1.54) is 43.5 Å². The highest BCUT2D eigenvalue weighted by Crippen LogP contribution is 2.38. The molecular weight excluding hydrogens is 630 g/mol. The first kappa shape index (κ1) is 33.6. The molecule has 0 atom stereocenters. The lowest BCUT2D eigenvalue weighted by atomic mass is 10.1. The quantitative estimate of drug-likeness (QED) is 0.174. The fraction of sp³-hybridized carbons (Fsp3) is 0.333. The number of likely N-dealkylation sites (tertiary alicyclic amines) is 1. The van der Waals surface area contributed by atoms with Crippen LogP contribution < -0.4 is 24.8 Å². The number of fused-ring (bicyclic) bond motifs is 1. The number of anilines is 2. The molecule has 2 amide bonds. The van der Waals surface area contributed by atoms with E-state index in [-0.39, 0.29) is 11.8 Å². The zero-order valence-electron chi connectivity index (χ0n) is 25.5. The van der Waals surface area contributed by atoms with Crippen LogP contribution in [0, 0.1) is 6.92 Å². The van der Waals surface area contributed by atoms with Crippen LogP contribution in [0.5, 0.6) is 23.0 Å². The third-order valence-corrected chi connectivity index (χ3v) is 7.54. The summed E-state index contributed by atoms with van der Waals surface area (Å²) in [6.07, 6.45) is -6.41. The van der Waals surface area contributed by atoms with Crippen molar-refractivity contribution in [2.75, 3.05) is 44.0 Å². The summed E-state index contributed by atoms with van der Waals surface area (Å²) in [6.45, 7) is 5.30. The minimum Gasteiger partial charge on any atom is -0.493 e. The van der Waals surface area contributed by atoms with Crippen molar-refractivity contribution in [3.05, 3.63) is 77.5 Å². The Morgan fingerprint density at radius 2 is 1.43 bits per heavy atom. The number of piperidine rings is 1. The van der Waals surface area contributed by atoms with Crippen molar-refractivity contribution in [2.24, 2.45) is 0 Å². The van der Waals surface area contributed by atoms with Gasteiger partial charge in [-0.15, -0.1) is 0 Å². The van der Waals surface area contributed by atoms with Crippen LogP contribution in [-0.4, -0.2) is 49.3 Å². The number of carbonyl (C=O) groups excluding carboxylic acids is 1. The molecule has 2 heterocycles. The van der Waals surface area contributed by atoms with Crippen LogP contribution in [0.4, 0.5) is 42.5 Å². The van der Waals surface area contributed by atoms with E-state index in [0.29, 0.717) is 52.9 Å². The predicted octanol–water partition coefficient (Wildman–Crippen LogP) is 8.89. The molecule has 4 aromatic rings. The Kier molecular flexibility index (Phi) is 9.99. The van der Waals surface area contributed by atoms with Gasteiger partial charge in [-0.25, -0.2) is 9.78 Å². The monoisotopic (exact) mass is 662 g/mol. The first-order valence-electron chi connectivity index (χ1n) is 14.8. The van der Waals surface area contributed by atoms with Crippen LogP contribution in [0.25, 0.3) is 10.9 Å². The van der Waals surface area contributed by atoms with Gasteiger partial charge < -0.3 is 24.8 Å². The number of urea groups is 1. The second-order valence-electron chi connectivity index (χ2n) is 11.0. The SMILES string of the molecule is COc1cc2cc(Oc3ccc(NC(=O)Nc4cc(C(F)(F)F)cc(C(F)(F)F)c4)cc3)c(C)nc2cc1OCCN1CCCCC1. The molecule has 0 bridgehead atoms. The molecule has 1 aliphatic rings. The summed E-state index contributed by atoms with van der Waals surface area (Å²) in [5, 5.41) is 5.15. The van der Waals surface area contributed by atoms with Gasteiger partial charge in [-0.1, -0.05) is 6.42 Å². The number of methoxy groups -OCH3 is 1. The van der Waals surface area contributed by atoms with Crippen molar-refractivity contribution in [1.29, 1.82) is 0 Å². The highest BCUT2D eigenvalue weighted by atomic mass is 19.4. The van der Waals surface area contributed by atoms with E-state index in [1.54, 1.807) is 14.0 Å². The van der Waals surface area contributed by atoms with Crippen molar-refractivity contribution in [1.82, 2.24) is 9.88 Å². The lowest BCUT2D eigenvalue weighted by molar-refractivity contribution is -0.143. The zero-order chi connectivity index (χ0) is 33.8. The Hall–Kier alpha value is -4.72. The number of aromatic nitrogens is 1. The second-order valence-corrected chi connectivity index (χ2v) is 11.0. The molecule has 14 heteroatoms. The fourth-order valence-electron chi connectivity index (χ4n) is 5.16.